The van der Waals surface area contributed by atoms with Crippen molar-refractivity contribution in [2.75, 3.05) is 26.2 Å². The third kappa shape index (κ3) is 3.97. The molecule has 1 unspecified atom stereocenters. The van der Waals surface area contributed by atoms with E-state index < -0.39 is 10.0 Å². The average molecular weight is 402 g/mol. The Balaban J connectivity index is 1.58. The second-order valence-electron chi connectivity index (χ2n) is 7.20. The summed E-state index contributed by atoms with van der Waals surface area (Å²) in [5, 5.41) is 3.30. The minimum absolute atomic E-state index is 0.0635. The van der Waals surface area contributed by atoms with E-state index >= 15 is 0 Å². The molecule has 1 N–H and O–H groups in total. The zero-order valence-corrected chi connectivity index (χ0v) is 16.5. The fourth-order valence-corrected chi connectivity index (χ4v) is 5.41. The van der Waals surface area contributed by atoms with E-state index in [9.17, 15) is 8.42 Å². The number of hydrogen-bond donors (Lipinski definition) is 1. The van der Waals surface area contributed by atoms with Crippen molar-refractivity contribution in [1.82, 2.24) is 9.62 Å². The van der Waals surface area contributed by atoms with Crippen LogP contribution in [0.15, 0.2) is 59.6 Å². The highest BCUT2D eigenvalue weighted by atomic mass is 32.2. The highest BCUT2D eigenvalue weighted by Crippen LogP contribution is 2.32. The molecule has 0 saturated carbocycles. The molecule has 1 saturated heterocycles. The molecule has 1 atom stereocenters. The van der Waals surface area contributed by atoms with Crippen molar-refractivity contribution >= 4 is 10.0 Å². The summed E-state index contributed by atoms with van der Waals surface area (Å²) in [5.41, 5.74) is 0.785. The number of nitrogens with one attached hydrogen (secondary N) is 1. The maximum atomic E-state index is 13.5. The van der Waals surface area contributed by atoms with Gasteiger partial charge in [-0.05, 0) is 38.1 Å². The lowest BCUT2D eigenvalue weighted by atomic mass is 10.1. The first-order chi connectivity index (χ1) is 13.5. The molecule has 1 fully saturated rings. The van der Waals surface area contributed by atoms with Crippen molar-refractivity contribution < 1.29 is 17.9 Å². The van der Waals surface area contributed by atoms with Crippen LogP contribution in [0.4, 0.5) is 0 Å². The molecule has 0 aromatic heterocycles. The zero-order chi connectivity index (χ0) is 19.6. The number of nitrogens with zero attached hydrogens (tertiary/aromatic N) is 1. The normalized spacial score (nSPS) is 22.7. The molecule has 2 aliphatic heterocycles. The van der Waals surface area contributed by atoms with Gasteiger partial charge < -0.3 is 14.8 Å². The third-order valence-electron chi connectivity index (χ3n) is 5.20. The number of hydrogen-bond acceptors (Lipinski definition) is 5. The van der Waals surface area contributed by atoms with Crippen molar-refractivity contribution in [2.45, 2.75) is 25.0 Å². The molecule has 3 aliphatic rings. The van der Waals surface area contributed by atoms with Gasteiger partial charge in [0.15, 0.2) is 11.5 Å². The number of rotatable bonds is 5. The molecule has 6 nitrogen and oxygen atoms in total. The molecule has 4 rings (SSSR count). The van der Waals surface area contributed by atoms with Gasteiger partial charge in [-0.2, -0.15) is 16.5 Å². The van der Waals surface area contributed by atoms with Crippen molar-refractivity contribution in [3.63, 3.8) is 0 Å². The van der Waals surface area contributed by atoms with Gasteiger partial charge in [0.2, 0.25) is 10.0 Å². The monoisotopic (exact) mass is 401 g/mol. The number of fused-ring (bicyclic) bond motifs is 1. The van der Waals surface area contributed by atoms with Crippen molar-refractivity contribution in [1.29, 1.82) is 0 Å². The Hall–Kier alpha value is -2.22. The summed E-state index contributed by atoms with van der Waals surface area (Å²) in [7, 11) is -3.65. The van der Waals surface area contributed by atoms with Crippen molar-refractivity contribution in [2.24, 2.45) is 0 Å². The van der Waals surface area contributed by atoms with Crippen LogP contribution in [0, 0.1) is 6.42 Å². The van der Waals surface area contributed by atoms with Crippen LogP contribution in [0.25, 0.3) is 0 Å². The minimum Gasteiger partial charge on any atom is -0.486 e. The lowest BCUT2D eigenvalue weighted by molar-refractivity contribution is 0.0669. The first-order valence-electron chi connectivity index (χ1n) is 9.57. The number of ether oxygens (including phenoxy) is 2. The van der Waals surface area contributed by atoms with E-state index in [0.29, 0.717) is 18.1 Å². The fourth-order valence-electron chi connectivity index (χ4n) is 3.69. The maximum Gasteiger partial charge on any atom is 0.208 e. The molecule has 0 amide bonds. The molecule has 1 aliphatic carbocycles. The summed E-state index contributed by atoms with van der Waals surface area (Å²) in [5.74, 6) is 1.35. The second kappa shape index (κ2) is 8.03. The van der Waals surface area contributed by atoms with Crippen LogP contribution in [-0.2, 0) is 10.0 Å². The Bertz CT molecular complexity index is 901. The summed E-state index contributed by atoms with van der Waals surface area (Å²) in [6.07, 6.45) is 7.90. The van der Waals surface area contributed by atoms with Gasteiger partial charge in [-0.25, -0.2) is 8.42 Å². The van der Waals surface area contributed by atoms with Crippen LogP contribution >= 0.6 is 0 Å². The van der Waals surface area contributed by atoms with Crippen LogP contribution in [0.1, 0.15) is 12.8 Å². The average Bonchev–Trinajstić information content (AvgIpc) is 2.73. The number of para-hydroxylation sites is 2. The van der Waals surface area contributed by atoms with Crippen LogP contribution in [0.5, 0.6) is 11.5 Å². The van der Waals surface area contributed by atoms with E-state index in [4.69, 9.17) is 9.47 Å². The maximum absolute atomic E-state index is 13.5. The Labute approximate surface area is 166 Å². The summed E-state index contributed by atoms with van der Waals surface area (Å²) in [6, 6.07) is 7.41. The first-order valence-corrected chi connectivity index (χ1v) is 11.0. The molecule has 7 heteroatoms. The Morgan fingerprint density at radius 1 is 1.18 bits per heavy atom. The number of sulfonamides is 1. The molecule has 0 bridgehead atoms. The van der Waals surface area contributed by atoms with Gasteiger partial charge in [0.05, 0.1) is 6.54 Å². The highest BCUT2D eigenvalue weighted by molar-refractivity contribution is 7.93. The predicted octanol–water partition coefficient (Wildman–Crippen LogP) is 2.42. The fraction of sp³-hybridized carbons (Fsp3) is 0.381. The predicted molar refractivity (Wildman–Crippen MR) is 109 cm³/mol. The van der Waals surface area contributed by atoms with Gasteiger partial charge >= 0.3 is 0 Å². The molecule has 150 valence electrons. The van der Waals surface area contributed by atoms with Gasteiger partial charge in [0.1, 0.15) is 12.7 Å². The van der Waals surface area contributed by atoms with Crippen molar-refractivity contribution in [3.8, 4) is 11.5 Å². The summed E-state index contributed by atoms with van der Waals surface area (Å²) in [4.78, 5) is 0.288. The Morgan fingerprint density at radius 2 is 1.93 bits per heavy atom. The molecular weight excluding hydrogens is 376 g/mol. The number of benzene rings is 1. The van der Waals surface area contributed by atoms with E-state index in [0.717, 1.165) is 31.5 Å². The highest BCUT2D eigenvalue weighted by Gasteiger charge is 2.35. The van der Waals surface area contributed by atoms with Gasteiger partial charge in [0, 0.05) is 10.9 Å². The van der Waals surface area contributed by atoms with Crippen LogP contribution in [0.3, 0.4) is 0 Å². The first kappa shape index (κ1) is 19.1. The van der Waals surface area contributed by atoms with E-state index in [1.54, 1.807) is 29.0 Å². The smallest absolute Gasteiger partial charge is 0.208 e. The number of piperidine rings is 1. The molecule has 1 aromatic rings. The quantitative estimate of drug-likeness (QED) is 0.768. The van der Waals surface area contributed by atoms with Crippen molar-refractivity contribution in [3.05, 3.63) is 66.0 Å². The minimum atomic E-state index is -3.65. The van der Waals surface area contributed by atoms with E-state index in [-0.39, 0.29) is 23.6 Å². The van der Waals surface area contributed by atoms with E-state index in [1.807, 2.05) is 24.3 Å². The lowest BCUT2D eigenvalue weighted by Gasteiger charge is -2.38. The molecular formula is C21H25N2O4S-. The molecule has 2 heterocycles. The van der Waals surface area contributed by atoms with Gasteiger partial charge in [-0.1, -0.05) is 12.1 Å². The number of allylic oxidation sites excluding steroid dienone is 4. The molecule has 0 spiro atoms. The molecule has 28 heavy (non-hydrogen) atoms. The summed E-state index contributed by atoms with van der Waals surface area (Å²) < 4.78 is 40.3. The Morgan fingerprint density at radius 3 is 2.64 bits per heavy atom. The van der Waals surface area contributed by atoms with E-state index in [1.165, 1.54) is 0 Å². The zero-order valence-electron chi connectivity index (χ0n) is 15.7. The molecule has 0 radical (unpaired) electrons. The van der Waals surface area contributed by atoms with Crippen LogP contribution < -0.4 is 14.8 Å². The standard InChI is InChI=1S/C21H25N2O4S/c1-16-6-8-19(9-7-16)28(24,25)23(17-10-12-22-13-11-17)14-18-15-26-20-4-2-3-5-21(20)27-18/h2-9,17-18,22H,1,10-15H2/q-1. The van der Waals surface area contributed by atoms with Gasteiger partial charge in [-0.3, -0.25) is 0 Å². The summed E-state index contributed by atoms with van der Waals surface area (Å²) >= 11 is 0. The summed E-state index contributed by atoms with van der Waals surface area (Å²) in [6.45, 7) is 6.03. The Kier molecular flexibility index (Phi) is 5.48. The largest absolute Gasteiger partial charge is 0.486 e. The lowest BCUT2D eigenvalue weighted by Crippen LogP contribution is -2.51. The van der Waals surface area contributed by atoms with Crippen LogP contribution in [0.2, 0.25) is 0 Å². The second-order valence-corrected chi connectivity index (χ2v) is 9.09. The van der Waals surface area contributed by atoms with Crippen LogP contribution in [-0.4, -0.2) is 51.1 Å². The van der Waals surface area contributed by atoms with E-state index in [2.05, 4.69) is 11.9 Å². The molecule has 1 aromatic carbocycles. The van der Waals surface area contributed by atoms with Gasteiger partial charge in [0.25, 0.3) is 0 Å². The SMILES string of the molecule is C=C1C=CC(S(=O)(=O)N(CC2COc3ccccc3O2)C2CCNCC2)=C[CH-]1. The third-order valence-corrected chi connectivity index (χ3v) is 7.13. The van der Waals surface area contributed by atoms with Gasteiger partial charge in [-0.15, -0.1) is 24.6 Å². The topological polar surface area (TPSA) is 67.9 Å².